The Morgan fingerprint density at radius 1 is 1.08 bits per heavy atom. The number of benzene rings is 2. The molecule has 0 bridgehead atoms. The molecule has 36 heavy (non-hydrogen) atoms. The number of H-pyrrole nitrogens is 1. The van der Waals surface area contributed by atoms with Gasteiger partial charge in [-0.15, -0.1) is 0 Å². The number of nitrogens with zero attached hydrogens (tertiary/aromatic N) is 2. The van der Waals surface area contributed by atoms with Crippen molar-refractivity contribution >= 4 is 46.5 Å². The minimum atomic E-state index is -0.100. The largest absolute Gasteiger partial charge is 0.381 e. The van der Waals surface area contributed by atoms with Gasteiger partial charge in [0.15, 0.2) is 0 Å². The maximum Gasteiger partial charge on any atom is 0.271 e. The van der Waals surface area contributed by atoms with Crippen LogP contribution in [0.25, 0.3) is 0 Å². The van der Waals surface area contributed by atoms with Crippen LogP contribution < -0.4 is 15.8 Å². The average Bonchev–Trinajstić information content (AvgIpc) is 2.91. The first-order valence-corrected chi connectivity index (χ1v) is 13.7. The highest BCUT2D eigenvalue weighted by Crippen LogP contribution is 2.51. The summed E-state index contributed by atoms with van der Waals surface area (Å²) in [6.45, 7) is 2.60. The summed E-state index contributed by atoms with van der Waals surface area (Å²) in [5, 5.41) is 3.98. The molecule has 0 radical (unpaired) electrons. The van der Waals surface area contributed by atoms with Crippen molar-refractivity contribution in [1.29, 1.82) is 0 Å². The van der Waals surface area contributed by atoms with Gasteiger partial charge in [0.1, 0.15) is 16.9 Å². The van der Waals surface area contributed by atoms with E-state index in [1.165, 1.54) is 25.1 Å². The molecule has 1 atom stereocenters. The number of hydrogen-bond acceptors (Lipinski definition) is 7. The SMILES string of the molecule is O=c1[nH]cccc1N1CCOC(c2cccc3c2Sc2ccc(NCc4ccc(Cl)nc4)cc2S3)C1. The van der Waals surface area contributed by atoms with E-state index in [0.29, 0.717) is 37.1 Å². The summed E-state index contributed by atoms with van der Waals surface area (Å²) in [6, 6.07) is 20.4. The van der Waals surface area contributed by atoms with Gasteiger partial charge in [0.2, 0.25) is 0 Å². The molecule has 0 aliphatic carbocycles. The fourth-order valence-electron chi connectivity index (χ4n) is 4.42. The maximum absolute atomic E-state index is 12.3. The highest BCUT2D eigenvalue weighted by Gasteiger charge is 2.29. The van der Waals surface area contributed by atoms with Crippen LogP contribution in [0, 0.1) is 0 Å². The molecule has 2 aromatic heterocycles. The van der Waals surface area contributed by atoms with Crippen molar-refractivity contribution < 1.29 is 4.74 Å². The summed E-state index contributed by atoms with van der Waals surface area (Å²) in [5.74, 6) is 0. The lowest BCUT2D eigenvalue weighted by molar-refractivity contribution is 0.0378. The number of ether oxygens (including phenoxy) is 1. The molecule has 1 fully saturated rings. The van der Waals surface area contributed by atoms with Crippen molar-refractivity contribution in [2.75, 3.05) is 29.9 Å². The van der Waals surface area contributed by atoms with Gasteiger partial charge in [-0.2, -0.15) is 0 Å². The number of anilines is 2. The number of aromatic amines is 1. The van der Waals surface area contributed by atoms with Gasteiger partial charge in [0, 0.05) is 57.3 Å². The number of morpholine rings is 1. The molecule has 9 heteroatoms. The predicted molar refractivity (Wildman–Crippen MR) is 146 cm³/mol. The first kappa shape index (κ1) is 23.5. The van der Waals surface area contributed by atoms with Gasteiger partial charge in [-0.1, -0.05) is 53.3 Å². The Labute approximate surface area is 222 Å². The first-order valence-electron chi connectivity index (χ1n) is 11.7. The lowest BCUT2D eigenvalue weighted by Crippen LogP contribution is -2.41. The van der Waals surface area contributed by atoms with Crippen molar-refractivity contribution in [2.45, 2.75) is 32.2 Å². The second kappa shape index (κ2) is 10.2. The summed E-state index contributed by atoms with van der Waals surface area (Å²) in [5.41, 5.74) is 3.94. The zero-order chi connectivity index (χ0) is 24.5. The smallest absolute Gasteiger partial charge is 0.271 e. The quantitative estimate of drug-likeness (QED) is 0.259. The molecule has 2 N–H and O–H groups in total. The second-order valence-electron chi connectivity index (χ2n) is 8.57. The van der Waals surface area contributed by atoms with Crippen LogP contribution in [0.4, 0.5) is 11.4 Å². The Morgan fingerprint density at radius 3 is 2.89 bits per heavy atom. The number of nitrogens with one attached hydrogen (secondary N) is 2. The predicted octanol–water partition coefficient (Wildman–Crippen LogP) is 6.23. The van der Waals surface area contributed by atoms with Crippen molar-refractivity contribution in [3.63, 3.8) is 0 Å². The molecule has 0 spiro atoms. The zero-order valence-electron chi connectivity index (χ0n) is 19.2. The van der Waals surface area contributed by atoms with E-state index < -0.39 is 0 Å². The molecule has 2 aliphatic rings. The molecule has 0 amide bonds. The van der Waals surface area contributed by atoms with E-state index in [0.717, 1.165) is 11.3 Å². The monoisotopic (exact) mass is 534 g/mol. The number of hydrogen-bond donors (Lipinski definition) is 2. The highest BCUT2D eigenvalue weighted by molar-refractivity contribution is 8.05. The van der Waals surface area contributed by atoms with Crippen molar-refractivity contribution in [1.82, 2.24) is 9.97 Å². The fraction of sp³-hybridized carbons (Fsp3) is 0.185. The van der Waals surface area contributed by atoms with Gasteiger partial charge in [-0.05, 0) is 53.6 Å². The van der Waals surface area contributed by atoms with E-state index in [2.05, 4.69) is 56.6 Å². The van der Waals surface area contributed by atoms with Crippen molar-refractivity contribution in [3.05, 3.63) is 99.7 Å². The summed E-state index contributed by atoms with van der Waals surface area (Å²) in [4.78, 5) is 26.3. The summed E-state index contributed by atoms with van der Waals surface area (Å²) < 4.78 is 6.21. The molecular weight excluding hydrogens is 512 g/mol. The van der Waals surface area contributed by atoms with Crippen molar-refractivity contribution in [2.24, 2.45) is 0 Å². The van der Waals surface area contributed by atoms with Gasteiger partial charge in [0.05, 0.1) is 6.61 Å². The van der Waals surface area contributed by atoms with Gasteiger partial charge in [-0.25, -0.2) is 4.98 Å². The number of aromatic nitrogens is 2. The lowest BCUT2D eigenvalue weighted by atomic mass is 10.1. The Hall–Kier alpha value is -2.91. The molecule has 1 saturated heterocycles. The number of fused-ring (bicyclic) bond motifs is 2. The summed E-state index contributed by atoms with van der Waals surface area (Å²) in [6.07, 6.45) is 3.36. The molecule has 0 saturated carbocycles. The minimum absolute atomic E-state index is 0.0659. The standard InChI is InChI=1S/C27H23ClN4O2S2/c28-25-9-6-17(15-31-25)14-30-18-7-8-22-24(13-18)35-23-5-1-3-19(26(23)36-22)21-16-32(11-12-34-21)20-4-2-10-29-27(20)33/h1-10,13,15,21,30H,11-12,14,16H2,(H,29,33). The zero-order valence-corrected chi connectivity index (χ0v) is 21.6. The maximum atomic E-state index is 12.3. The van der Waals surface area contributed by atoms with Crippen LogP contribution in [-0.2, 0) is 11.3 Å². The second-order valence-corrected chi connectivity index (χ2v) is 11.1. The van der Waals surface area contributed by atoms with Crippen LogP contribution in [0.15, 0.2) is 97.4 Å². The van der Waals surface area contributed by atoms with Gasteiger partial charge in [-0.3, -0.25) is 4.79 Å². The van der Waals surface area contributed by atoms with Crippen LogP contribution in [0.3, 0.4) is 0 Å². The molecule has 6 rings (SSSR count). The van der Waals surface area contributed by atoms with Crippen molar-refractivity contribution in [3.8, 4) is 0 Å². The van der Waals surface area contributed by atoms with E-state index in [1.54, 1.807) is 42.0 Å². The van der Waals surface area contributed by atoms with E-state index in [9.17, 15) is 4.79 Å². The van der Waals surface area contributed by atoms with Crippen LogP contribution >= 0.6 is 35.1 Å². The average molecular weight is 535 g/mol. The third-order valence-electron chi connectivity index (χ3n) is 6.22. The van der Waals surface area contributed by atoms with Crippen LogP contribution in [0.5, 0.6) is 0 Å². The number of rotatable bonds is 5. The van der Waals surface area contributed by atoms with Crippen LogP contribution in [-0.4, -0.2) is 29.7 Å². The van der Waals surface area contributed by atoms with E-state index in [4.69, 9.17) is 16.3 Å². The number of halogens is 1. The van der Waals surface area contributed by atoms with Gasteiger partial charge < -0.3 is 19.9 Å². The van der Waals surface area contributed by atoms with Crippen LogP contribution in [0.2, 0.25) is 5.15 Å². The normalized spacial score (nSPS) is 16.8. The Bertz CT molecular complexity index is 1460. The third kappa shape index (κ3) is 4.86. The number of pyridine rings is 2. The molecule has 182 valence electrons. The molecule has 4 aromatic rings. The highest BCUT2D eigenvalue weighted by atomic mass is 35.5. The molecule has 6 nitrogen and oxygen atoms in total. The Balaban J connectivity index is 1.20. The van der Waals surface area contributed by atoms with E-state index >= 15 is 0 Å². The van der Waals surface area contributed by atoms with E-state index in [-0.39, 0.29) is 11.7 Å². The molecule has 1 unspecified atom stereocenters. The summed E-state index contributed by atoms with van der Waals surface area (Å²) >= 11 is 9.46. The molecule has 2 aromatic carbocycles. The fourth-order valence-corrected chi connectivity index (χ4v) is 6.98. The van der Waals surface area contributed by atoms with Crippen LogP contribution in [0.1, 0.15) is 17.2 Å². The first-order chi connectivity index (χ1) is 17.6. The van der Waals surface area contributed by atoms with E-state index in [1.807, 2.05) is 18.2 Å². The lowest BCUT2D eigenvalue weighted by Gasteiger charge is -2.35. The molecule has 4 heterocycles. The third-order valence-corrected chi connectivity index (χ3v) is 9.06. The topological polar surface area (TPSA) is 70.2 Å². The van der Waals surface area contributed by atoms with Gasteiger partial charge >= 0.3 is 0 Å². The molecule has 2 aliphatic heterocycles. The van der Waals surface area contributed by atoms with Gasteiger partial charge in [0.25, 0.3) is 5.56 Å². The Kier molecular flexibility index (Phi) is 6.67. The molecular formula is C27H23ClN4O2S2. The summed E-state index contributed by atoms with van der Waals surface area (Å²) in [7, 11) is 0. The Morgan fingerprint density at radius 2 is 2.03 bits per heavy atom. The minimum Gasteiger partial charge on any atom is -0.381 e.